The van der Waals surface area contributed by atoms with Crippen molar-refractivity contribution in [2.45, 2.75) is 50.6 Å². The number of nitrogens with zero attached hydrogens (tertiary/aromatic N) is 4. The van der Waals surface area contributed by atoms with Crippen molar-refractivity contribution in [3.8, 4) is 0 Å². The Morgan fingerprint density at radius 2 is 1.94 bits per heavy atom. The number of pyridine rings is 1. The van der Waals surface area contributed by atoms with E-state index in [4.69, 9.17) is 11.6 Å². The van der Waals surface area contributed by atoms with Crippen molar-refractivity contribution in [3.05, 3.63) is 69.5 Å². The van der Waals surface area contributed by atoms with Gasteiger partial charge >= 0.3 is 5.69 Å². The SMILES string of the molecule is Cn1c(=O)n(C)c2cc(CN[C@@H]3CC[C@@H](NCc4cc(Cl)cn5ccnc45)C[C@@H]3F)ccc21. The van der Waals surface area contributed by atoms with Crippen molar-refractivity contribution in [2.75, 3.05) is 0 Å². The Morgan fingerprint density at radius 1 is 1.12 bits per heavy atom. The second-order valence-corrected chi connectivity index (χ2v) is 9.40. The van der Waals surface area contributed by atoms with Crippen molar-refractivity contribution in [1.82, 2.24) is 29.2 Å². The Hall–Kier alpha value is -2.68. The quantitative estimate of drug-likeness (QED) is 0.453. The summed E-state index contributed by atoms with van der Waals surface area (Å²) in [6, 6.07) is 7.80. The molecule has 7 nitrogen and oxygen atoms in total. The van der Waals surface area contributed by atoms with Crippen LogP contribution in [0.25, 0.3) is 16.7 Å². The van der Waals surface area contributed by atoms with E-state index in [1.165, 1.54) is 0 Å². The Kier molecular flexibility index (Phi) is 5.99. The van der Waals surface area contributed by atoms with Gasteiger partial charge in [-0.1, -0.05) is 17.7 Å². The third-order valence-electron chi connectivity index (χ3n) is 6.79. The van der Waals surface area contributed by atoms with E-state index in [9.17, 15) is 9.18 Å². The summed E-state index contributed by atoms with van der Waals surface area (Å²) in [6.07, 6.45) is 6.65. The van der Waals surface area contributed by atoms with Crippen molar-refractivity contribution in [3.63, 3.8) is 0 Å². The molecule has 0 aliphatic heterocycles. The molecule has 3 aromatic heterocycles. The molecule has 1 aliphatic carbocycles. The monoisotopic (exact) mass is 470 g/mol. The van der Waals surface area contributed by atoms with Gasteiger partial charge in [0.2, 0.25) is 0 Å². The van der Waals surface area contributed by atoms with E-state index in [1.54, 1.807) is 29.4 Å². The zero-order valence-electron chi connectivity index (χ0n) is 18.8. The molecule has 1 fully saturated rings. The summed E-state index contributed by atoms with van der Waals surface area (Å²) >= 11 is 6.22. The first-order valence-electron chi connectivity index (χ1n) is 11.3. The van der Waals surface area contributed by atoms with Crippen molar-refractivity contribution >= 4 is 28.3 Å². The molecule has 0 amide bonds. The molecule has 3 heterocycles. The van der Waals surface area contributed by atoms with E-state index in [0.717, 1.165) is 40.6 Å². The first kappa shape index (κ1) is 22.1. The molecule has 0 saturated heterocycles. The summed E-state index contributed by atoms with van der Waals surface area (Å²) in [7, 11) is 3.54. The van der Waals surface area contributed by atoms with Crippen LogP contribution in [0.3, 0.4) is 0 Å². The van der Waals surface area contributed by atoms with E-state index in [1.807, 2.05) is 41.1 Å². The van der Waals surface area contributed by atoms with E-state index in [2.05, 4.69) is 15.6 Å². The zero-order valence-corrected chi connectivity index (χ0v) is 19.5. The number of fused-ring (bicyclic) bond motifs is 2. The van der Waals surface area contributed by atoms with Crippen molar-refractivity contribution < 1.29 is 4.39 Å². The highest BCUT2D eigenvalue weighted by Gasteiger charge is 2.30. The first-order valence-corrected chi connectivity index (χ1v) is 11.6. The van der Waals surface area contributed by atoms with Gasteiger partial charge in [0.05, 0.1) is 16.1 Å². The van der Waals surface area contributed by atoms with Crippen LogP contribution in [0.15, 0.2) is 47.7 Å². The molecule has 174 valence electrons. The van der Waals surface area contributed by atoms with Gasteiger partial charge in [0.15, 0.2) is 0 Å². The Balaban J connectivity index is 1.17. The van der Waals surface area contributed by atoms with Gasteiger partial charge in [-0.2, -0.15) is 0 Å². The van der Waals surface area contributed by atoms with Gasteiger partial charge in [0, 0.05) is 63.4 Å². The fourth-order valence-corrected chi connectivity index (χ4v) is 5.13. The molecule has 5 rings (SSSR count). The number of rotatable bonds is 6. The second kappa shape index (κ2) is 8.93. The minimum absolute atomic E-state index is 0.0454. The highest BCUT2D eigenvalue weighted by molar-refractivity contribution is 6.30. The number of alkyl halides is 1. The fourth-order valence-electron chi connectivity index (χ4n) is 4.89. The van der Waals surface area contributed by atoms with Crippen LogP contribution in [-0.2, 0) is 27.2 Å². The van der Waals surface area contributed by atoms with Crippen LogP contribution < -0.4 is 16.3 Å². The summed E-state index contributed by atoms with van der Waals surface area (Å²) in [5, 5.41) is 7.53. The second-order valence-electron chi connectivity index (χ2n) is 8.96. The molecular formula is C24H28ClFN6O. The number of aryl methyl sites for hydroxylation is 2. The summed E-state index contributed by atoms with van der Waals surface area (Å²) in [5.74, 6) is 0. The van der Waals surface area contributed by atoms with Gasteiger partial charge in [0.25, 0.3) is 0 Å². The lowest BCUT2D eigenvalue weighted by atomic mass is 9.89. The maximum atomic E-state index is 15.0. The molecule has 9 heteroatoms. The number of imidazole rings is 2. The molecule has 2 N–H and O–H groups in total. The first-order chi connectivity index (χ1) is 15.9. The molecule has 1 saturated carbocycles. The topological polar surface area (TPSA) is 68.3 Å². The van der Waals surface area contributed by atoms with Crippen molar-refractivity contribution in [1.29, 1.82) is 0 Å². The fraction of sp³-hybridized carbons (Fsp3) is 0.417. The van der Waals surface area contributed by atoms with Crippen LogP contribution in [-0.4, -0.2) is 36.8 Å². The standard InChI is InChI=1S/C24H28ClFN6O/c1-30-21-6-3-15(9-22(21)31(2)24(30)33)12-29-20-5-4-18(11-19(20)26)28-13-16-10-17(25)14-32-8-7-27-23(16)32/h3,6-10,14,18-20,28-29H,4-5,11-13H2,1-2H3/t18-,19+,20-/m1/s1. The maximum Gasteiger partial charge on any atom is 0.328 e. The van der Waals surface area contributed by atoms with Gasteiger partial charge in [-0.15, -0.1) is 0 Å². The van der Waals surface area contributed by atoms with Crippen LogP contribution in [0.4, 0.5) is 4.39 Å². The minimum Gasteiger partial charge on any atom is -0.310 e. The normalized spacial score (nSPS) is 21.3. The molecule has 1 aromatic carbocycles. The average molecular weight is 471 g/mol. The number of hydrogen-bond donors (Lipinski definition) is 2. The molecule has 1 aliphatic rings. The largest absolute Gasteiger partial charge is 0.328 e. The average Bonchev–Trinajstić information content (AvgIpc) is 3.36. The van der Waals surface area contributed by atoms with E-state index >= 15 is 0 Å². The number of halogens is 2. The highest BCUT2D eigenvalue weighted by atomic mass is 35.5. The van der Waals surface area contributed by atoms with Crippen LogP contribution in [0.2, 0.25) is 5.02 Å². The van der Waals surface area contributed by atoms with Crippen LogP contribution in [0.1, 0.15) is 30.4 Å². The van der Waals surface area contributed by atoms with Crippen LogP contribution >= 0.6 is 11.6 Å². The Morgan fingerprint density at radius 3 is 2.76 bits per heavy atom. The molecule has 0 spiro atoms. The molecule has 0 bridgehead atoms. The molecule has 0 radical (unpaired) electrons. The lowest BCUT2D eigenvalue weighted by molar-refractivity contribution is 0.160. The number of benzene rings is 1. The van der Waals surface area contributed by atoms with Gasteiger partial charge in [-0.25, -0.2) is 14.2 Å². The lowest BCUT2D eigenvalue weighted by Gasteiger charge is -2.33. The third-order valence-corrected chi connectivity index (χ3v) is 7.00. The van der Waals surface area contributed by atoms with Gasteiger partial charge in [-0.3, -0.25) is 9.13 Å². The molecular weight excluding hydrogens is 443 g/mol. The third kappa shape index (κ3) is 4.30. The molecule has 33 heavy (non-hydrogen) atoms. The van der Waals surface area contributed by atoms with E-state index in [-0.39, 0.29) is 17.8 Å². The van der Waals surface area contributed by atoms with Gasteiger partial charge < -0.3 is 15.0 Å². The van der Waals surface area contributed by atoms with Gasteiger partial charge in [-0.05, 0) is 43.0 Å². The lowest BCUT2D eigenvalue weighted by Crippen LogP contribution is -2.46. The number of nitrogens with one attached hydrogen (secondary N) is 2. The van der Waals surface area contributed by atoms with Gasteiger partial charge in [0.1, 0.15) is 11.8 Å². The summed E-state index contributed by atoms with van der Waals surface area (Å²) in [4.78, 5) is 16.5. The maximum absolute atomic E-state index is 15.0. The predicted molar refractivity (Wildman–Crippen MR) is 128 cm³/mol. The summed E-state index contributed by atoms with van der Waals surface area (Å²) in [5.41, 5.74) is 4.66. The van der Waals surface area contributed by atoms with Crippen LogP contribution in [0.5, 0.6) is 0 Å². The number of aromatic nitrogens is 4. The predicted octanol–water partition coefficient (Wildman–Crippen LogP) is 3.32. The van der Waals surface area contributed by atoms with Crippen LogP contribution in [0, 0.1) is 0 Å². The number of hydrogen-bond acceptors (Lipinski definition) is 4. The van der Waals surface area contributed by atoms with Crippen molar-refractivity contribution in [2.24, 2.45) is 14.1 Å². The Labute approximate surface area is 196 Å². The minimum atomic E-state index is -0.924. The smallest absolute Gasteiger partial charge is 0.310 e. The van der Waals surface area contributed by atoms with E-state index in [0.29, 0.717) is 24.5 Å². The molecule has 4 aromatic rings. The summed E-state index contributed by atoms with van der Waals surface area (Å²) < 4.78 is 20.2. The molecule has 3 atom stereocenters. The molecule has 0 unspecified atom stereocenters. The zero-order chi connectivity index (χ0) is 23.1. The van der Waals surface area contributed by atoms with E-state index < -0.39 is 6.17 Å². The summed E-state index contributed by atoms with van der Waals surface area (Å²) in [6.45, 7) is 1.18. The Bertz CT molecular complexity index is 1360. The highest BCUT2D eigenvalue weighted by Crippen LogP contribution is 2.24.